The first-order chi connectivity index (χ1) is 13.7. The number of nitrogens with zero attached hydrogens (tertiary/aromatic N) is 1. The summed E-state index contributed by atoms with van der Waals surface area (Å²) in [6, 6.07) is 9.95. The average Bonchev–Trinajstić information content (AvgIpc) is 3.11. The SMILES string of the molecule is O=C(COc1coc(CN2CCc3ccccc32)cc1=O)NC1CCCCC1. The van der Waals surface area contributed by atoms with Crippen LogP contribution in [0.4, 0.5) is 5.69 Å². The number of hydrogen-bond donors (Lipinski definition) is 1. The molecule has 0 bridgehead atoms. The molecule has 148 valence electrons. The van der Waals surface area contributed by atoms with Crippen molar-refractivity contribution in [2.45, 2.75) is 51.1 Å². The Hall–Kier alpha value is -2.76. The molecule has 1 N–H and O–H groups in total. The molecule has 28 heavy (non-hydrogen) atoms. The summed E-state index contributed by atoms with van der Waals surface area (Å²) in [5.74, 6) is 0.467. The van der Waals surface area contributed by atoms with E-state index < -0.39 is 0 Å². The molecule has 6 heteroatoms. The van der Waals surface area contributed by atoms with Crippen LogP contribution in [-0.2, 0) is 17.8 Å². The van der Waals surface area contributed by atoms with Crippen molar-refractivity contribution in [3.8, 4) is 5.75 Å². The molecule has 0 saturated heterocycles. The zero-order valence-corrected chi connectivity index (χ0v) is 16.0. The lowest BCUT2D eigenvalue weighted by molar-refractivity contribution is -0.124. The van der Waals surface area contributed by atoms with Crippen molar-refractivity contribution >= 4 is 11.6 Å². The number of carbonyl (C=O) groups is 1. The van der Waals surface area contributed by atoms with Crippen molar-refractivity contribution in [2.75, 3.05) is 18.1 Å². The molecule has 0 spiro atoms. The lowest BCUT2D eigenvalue weighted by Crippen LogP contribution is -2.39. The van der Waals surface area contributed by atoms with E-state index in [0.29, 0.717) is 12.3 Å². The number of ether oxygens (including phenoxy) is 1. The van der Waals surface area contributed by atoms with E-state index in [4.69, 9.17) is 9.15 Å². The summed E-state index contributed by atoms with van der Waals surface area (Å²) >= 11 is 0. The van der Waals surface area contributed by atoms with Gasteiger partial charge >= 0.3 is 0 Å². The molecule has 1 fully saturated rings. The molecule has 0 unspecified atom stereocenters. The predicted octanol–water partition coefficient (Wildman–Crippen LogP) is 3.03. The van der Waals surface area contributed by atoms with Gasteiger partial charge < -0.3 is 19.4 Å². The summed E-state index contributed by atoms with van der Waals surface area (Å²) in [5, 5.41) is 2.97. The average molecular weight is 382 g/mol. The Kier molecular flexibility index (Phi) is 5.65. The van der Waals surface area contributed by atoms with Crippen molar-refractivity contribution in [3.63, 3.8) is 0 Å². The lowest BCUT2D eigenvalue weighted by atomic mass is 9.95. The van der Waals surface area contributed by atoms with E-state index in [9.17, 15) is 9.59 Å². The Labute approximate surface area is 164 Å². The fourth-order valence-electron chi connectivity index (χ4n) is 4.05. The first kappa shape index (κ1) is 18.6. The van der Waals surface area contributed by atoms with Gasteiger partial charge in [0, 0.05) is 24.3 Å². The molecule has 1 aromatic carbocycles. The van der Waals surface area contributed by atoms with Crippen LogP contribution >= 0.6 is 0 Å². The van der Waals surface area contributed by atoms with E-state index in [0.717, 1.165) is 38.6 Å². The number of hydrogen-bond acceptors (Lipinski definition) is 5. The monoisotopic (exact) mass is 382 g/mol. The van der Waals surface area contributed by atoms with E-state index in [1.165, 1.54) is 30.0 Å². The highest BCUT2D eigenvalue weighted by Gasteiger charge is 2.20. The maximum atomic E-state index is 12.3. The summed E-state index contributed by atoms with van der Waals surface area (Å²) in [5.41, 5.74) is 2.23. The summed E-state index contributed by atoms with van der Waals surface area (Å²) in [4.78, 5) is 26.6. The summed E-state index contributed by atoms with van der Waals surface area (Å²) in [6.07, 6.45) is 7.88. The number of benzene rings is 1. The predicted molar refractivity (Wildman–Crippen MR) is 107 cm³/mol. The molecule has 4 rings (SSSR count). The quantitative estimate of drug-likeness (QED) is 0.831. The lowest BCUT2D eigenvalue weighted by Gasteiger charge is -2.22. The molecule has 1 saturated carbocycles. The highest BCUT2D eigenvalue weighted by Crippen LogP contribution is 2.28. The highest BCUT2D eigenvalue weighted by molar-refractivity contribution is 5.77. The zero-order valence-electron chi connectivity index (χ0n) is 16.0. The Bertz CT molecular complexity index is 886. The second-order valence-electron chi connectivity index (χ2n) is 7.57. The summed E-state index contributed by atoms with van der Waals surface area (Å²) in [7, 11) is 0. The van der Waals surface area contributed by atoms with Crippen LogP contribution in [-0.4, -0.2) is 25.1 Å². The van der Waals surface area contributed by atoms with Crippen molar-refractivity contribution in [2.24, 2.45) is 0 Å². The fraction of sp³-hybridized carbons (Fsp3) is 0.455. The van der Waals surface area contributed by atoms with Crippen molar-refractivity contribution < 1.29 is 13.9 Å². The van der Waals surface area contributed by atoms with Crippen LogP contribution in [0.15, 0.2) is 45.8 Å². The van der Waals surface area contributed by atoms with Gasteiger partial charge in [0.2, 0.25) is 11.2 Å². The number of anilines is 1. The first-order valence-electron chi connectivity index (χ1n) is 10.1. The minimum Gasteiger partial charge on any atom is -0.477 e. The van der Waals surface area contributed by atoms with E-state index in [-0.39, 0.29) is 29.7 Å². The molecule has 2 aliphatic rings. The normalized spacial score (nSPS) is 16.6. The number of amides is 1. The largest absolute Gasteiger partial charge is 0.477 e. The van der Waals surface area contributed by atoms with Gasteiger partial charge in [0.05, 0.1) is 6.54 Å². The van der Waals surface area contributed by atoms with Gasteiger partial charge in [-0.2, -0.15) is 0 Å². The third kappa shape index (κ3) is 4.38. The van der Waals surface area contributed by atoms with Crippen LogP contribution in [0.3, 0.4) is 0 Å². The van der Waals surface area contributed by atoms with Gasteiger partial charge in [-0.1, -0.05) is 37.5 Å². The molecule has 0 radical (unpaired) electrons. The van der Waals surface area contributed by atoms with Crippen molar-refractivity contribution in [1.82, 2.24) is 5.32 Å². The minimum atomic E-state index is -0.265. The standard InChI is InChI=1S/C22H26N2O4/c25-20-12-18(13-24-11-10-16-6-4-5-9-19(16)24)27-14-21(20)28-15-22(26)23-17-7-2-1-3-8-17/h4-6,9,12,14,17H,1-3,7-8,10-11,13,15H2,(H,23,26). The molecular formula is C22H26N2O4. The second kappa shape index (κ2) is 8.50. The molecule has 6 nitrogen and oxygen atoms in total. The molecule has 1 aromatic heterocycles. The van der Waals surface area contributed by atoms with E-state index in [2.05, 4.69) is 22.3 Å². The smallest absolute Gasteiger partial charge is 0.258 e. The topological polar surface area (TPSA) is 71.8 Å². The zero-order chi connectivity index (χ0) is 19.3. The second-order valence-corrected chi connectivity index (χ2v) is 7.57. The number of fused-ring (bicyclic) bond motifs is 1. The Morgan fingerprint density at radius 3 is 2.86 bits per heavy atom. The third-order valence-corrected chi connectivity index (χ3v) is 5.51. The van der Waals surface area contributed by atoms with Gasteiger partial charge in [-0.25, -0.2) is 0 Å². The summed E-state index contributed by atoms with van der Waals surface area (Å²) in [6.45, 7) is 1.28. The number of nitrogens with one attached hydrogen (secondary N) is 1. The highest BCUT2D eigenvalue weighted by atomic mass is 16.5. The van der Waals surface area contributed by atoms with Crippen molar-refractivity contribution in [1.29, 1.82) is 0 Å². The molecule has 1 amide bonds. The molecule has 2 aromatic rings. The van der Waals surface area contributed by atoms with Gasteiger partial charge in [0.25, 0.3) is 5.91 Å². The third-order valence-electron chi connectivity index (χ3n) is 5.51. The fourth-order valence-corrected chi connectivity index (χ4v) is 4.05. The molecule has 0 atom stereocenters. The van der Waals surface area contributed by atoms with Gasteiger partial charge in [0.15, 0.2) is 6.61 Å². The first-order valence-corrected chi connectivity index (χ1v) is 10.1. The Balaban J connectivity index is 1.32. The van der Waals surface area contributed by atoms with Gasteiger partial charge in [-0.15, -0.1) is 0 Å². The van der Waals surface area contributed by atoms with Gasteiger partial charge in [-0.05, 0) is 30.9 Å². The van der Waals surface area contributed by atoms with E-state index >= 15 is 0 Å². The summed E-state index contributed by atoms with van der Waals surface area (Å²) < 4.78 is 11.0. The maximum Gasteiger partial charge on any atom is 0.258 e. The number of rotatable bonds is 6. The van der Waals surface area contributed by atoms with E-state index in [1.807, 2.05) is 12.1 Å². The van der Waals surface area contributed by atoms with Crippen LogP contribution in [0.5, 0.6) is 5.75 Å². The van der Waals surface area contributed by atoms with Crippen LogP contribution in [0.25, 0.3) is 0 Å². The maximum absolute atomic E-state index is 12.3. The van der Waals surface area contributed by atoms with E-state index in [1.54, 1.807) is 0 Å². The Morgan fingerprint density at radius 2 is 2.04 bits per heavy atom. The van der Waals surface area contributed by atoms with Gasteiger partial charge in [-0.3, -0.25) is 9.59 Å². The molecule has 1 aliphatic heterocycles. The van der Waals surface area contributed by atoms with Crippen LogP contribution in [0, 0.1) is 0 Å². The number of carbonyl (C=O) groups excluding carboxylic acids is 1. The molecule has 2 heterocycles. The van der Waals surface area contributed by atoms with Crippen LogP contribution in [0.1, 0.15) is 43.4 Å². The number of para-hydroxylation sites is 1. The van der Waals surface area contributed by atoms with Crippen LogP contribution in [0.2, 0.25) is 0 Å². The molecule has 1 aliphatic carbocycles. The Morgan fingerprint density at radius 1 is 1.21 bits per heavy atom. The molecular weight excluding hydrogens is 356 g/mol. The van der Waals surface area contributed by atoms with Gasteiger partial charge in [0.1, 0.15) is 12.0 Å². The van der Waals surface area contributed by atoms with Crippen molar-refractivity contribution in [3.05, 3.63) is 58.1 Å². The van der Waals surface area contributed by atoms with Crippen LogP contribution < -0.4 is 20.4 Å². The minimum absolute atomic E-state index is 0.0735.